The number of ether oxygens (including phenoxy) is 2. The Labute approximate surface area is 278 Å². The first-order chi connectivity index (χ1) is 20.8. The molecule has 2 aromatic carbocycles. The van der Waals surface area contributed by atoms with E-state index >= 15 is 0 Å². The summed E-state index contributed by atoms with van der Waals surface area (Å²) in [6.07, 6.45) is 2.19. The van der Waals surface area contributed by atoms with Crippen LogP contribution in [0.1, 0.15) is 58.3 Å². The summed E-state index contributed by atoms with van der Waals surface area (Å²) in [5, 5.41) is 8.82. The molecule has 44 heavy (non-hydrogen) atoms. The van der Waals surface area contributed by atoms with Crippen molar-refractivity contribution in [3.05, 3.63) is 113 Å². The fraction of sp³-hybridized carbons (Fsp3) is 0.353. The molecule has 0 radical (unpaired) electrons. The Hall–Kier alpha value is -2.72. The lowest BCUT2D eigenvalue weighted by Gasteiger charge is -2.33. The molecule has 1 N–H and O–H groups in total. The van der Waals surface area contributed by atoms with Crippen molar-refractivity contribution in [2.75, 3.05) is 27.3 Å². The van der Waals surface area contributed by atoms with Gasteiger partial charge in [0.15, 0.2) is 0 Å². The van der Waals surface area contributed by atoms with E-state index in [9.17, 15) is 9.59 Å². The summed E-state index contributed by atoms with van der Waals surface area (Å²) in [6, 6.07) is 18.6. The maximum Gasteiger partial charge on any atom is 0.327 e. The third-order valence-electron chi connectivity index (χ3n) is 7.44. The largest absolute Gasteiger partial charge is 0.469 e. The van der Waals surface area contributed by atoms with Crippen molar-refractivity contribution in [2.45, 2.75) is 52.2 Å². The van der Waals surface area contributed by atoms with Crippen molar-refractivity contribution in [2.24, 2.45) is 0 Å². The van der Waals surface area contributed by atoms with E-state index in [2.05, 4.69) is 37.8 Å². The van der Waals surface area contributed by atoms with Gasteiger partial charge in [-0.1, -0.05) is 67.0 Å². The first-order valence-electron chi connectivity index (χ1n) is 14.0. The molecule has 2 aliphatic rings. The molecule has 0 spiro atoms. The molecular formula is C34H40Cl2N2O4S2. The molecule has 2 aromatic heterocycles. The molecule has 2 atom stereocenters. The normalized spacial score (nSPS) is 14.9. The minimum Gasteiger partial charge on any atom is -0.469 e. The Morgan fingerprint density at radius 1 is 0.818 bits per heavy atom. The van der Waals surface area contributed by atoms with E-state index in [4.69, 9.17) is 27.9 Å². The fourth-order valence-corrected chi connectivity index (χ4v) is 7.41. The van der Waals surface area contributed by atoms with Gasteiger partial charge in [-0.25, -0.2) is 4.79 Å². The number of nitrogens with one attached hydrogen (secondary N) is 1. The van der Waals surface area contributed by atoms with Gasteiger partial charge >= 0.3 is 11.9 Å². The van der Waals surface area contributed by atoms with Gasteiger partial charge in [0.05, 0.1) is 20.1 Å². The minimum absolute atomic E-state index is 0. The lowest BCUT2D eigenvalue weighted by Crippen LogP contribution is -2.38. The van der Waals surface area contributed by atoms with Crippen molar-refractivity contribution in [1.82, 2.24) is 10.2 Å². The van der Waals surface area contributed by atoms with Crippen molar-refractivity contribution in [3.8, 4) is 0 Å². The number of carbonyl (C=O) groups excluding carboxylic acids is 2. The van der Waals surface area contributed by atoms with Crippen LogP contribution in [-0.4, -0.2) is 44.1 Å². The van der Waals surface area contributed by atoms with Crippen molar-refractivity contribution in [3.63, 3.8) is 0 Å². The standard InChI is InChI=1S/C16H16ClNO2S.C10H11ClO2.C7H9NS.CH4/c1-20-16(19)15(12-4-2-3-5-13(12)17)18-8-6-14-11(10-18)7-9-21-14;1-7(10(12)13-2)8-5-3-4-6-9(8)11;1-3-8-5-6-2-4-9-7(1)6;/h2-5,7,9,15H,6,8,10H2,1H3;3-7H,1-2H3;2,4,8H,1,3,5H2;1H4/t15-;7-;;/m01../s1. The summed E-state index contributed by atoms with van der Waals surface area (Å²) in [4.78, 5) is 28.6. The maximum atomic E-state index is 12.3. The van der Waals surface area contributed by atoms with Crippen LogP contribution in [0, 0.1) is 0 Å². The summed E-state index contributed by atoms with van der Waals surface area (Å²) in [7, 11) is 2.79. The first-order valence-corrected chi connectivity index (χ1v) is 16.5. The van der Waals surface area contributed by atoms with Crippen LogP contribution in [0.3, 0.4) is 0 Å². The summed E-state index contributed by atoms with van der Waals surface area (Å²) >= 11 is 15.9. The van der Waals surface area contributed by atoms with Crippen LogP contribution in [0.25, 0.3) is 0 Å². The van der Waals surface area contributed by atoms with E-state index in [1.165, 1.54) is 36.6 Å². The minimum atomic E-state index is -0.447. The number of hydrogen-bond acceptors (Lipinski definition) is 8. The van der Waals surface area contributed by atoms with Gasteiger partial charge in [-0.2, -0.15) is 0 Å². The van der Waals surface area contributed by atoms with Crippen molar-refractivity contribution < 1.29 is 19.1 Å². The van der Waals surface area contributed by atoms with Gasteiger partial charge < -0.3 is 14.8 Å². The number of benzene rings is 2. The highest BCUT2D eigenvalue weighted by molar-refractivity contribution is 7.10. The van der Waals surface area contributed by atoms with Gasteiger partial charge in [0.1, 0.15) is 6.04 Å². The molecule has 4 heterocycles. The lowest BCUT2D eigenvalue weighted by atomic mass is 10.0. The number of fused-ring (bicyclic) bond motifs is 2. The van der Waals surface area contributed by atoms with Crippen molar-refractivity contribution >= 4 is 57.8 Å². The molecule has 2 aliphatic heterocycles. The summed E-state index contributed by atoms with van der Waals surface area (Å²) in [5.41, 5.74) is 4.42. The molecule has 0 saturated carbocycles. The first kappa shape index (κ1) is 35.8. The van der Waals surface area contributed by atoms with Crippen molar-refractivity contribution in [1.29, 1.82) is 0 Å². The van der Waals surface area contributed by atoms with Gasteiger partial charge in [0, 0.05) is 46.0 Å². The number of carbonyl (C=O) groups is 2. The molecule has 0 aliphatic carbocycles. The van der Waals surface area contributed by atoms with Crippen LogP contribution in [0.5, 0.6) is 0 Å². The molecule has 0 saturated heterocycles. The Bertz CT molecular complexity index is 1490. The van der Waals surface area contributed by atoms with Crippen LogP contribution in [0.15, 0.2) is 71.4 Å². The highest BCUT2D eigenvalue weighted by atomic mass is 35.5. The third kappa shape index (κ3) is 9.16. The maximum absolute atomic E-state index is 12.3. The second-order valence-electron chi connectivity index (χ2n) is 10.1. The van der Waals surface area contributed by atoms with E-state index in [0.29, 0.717) is 10.0 Å². The lowest BCUT2D eigenvalue weighted by molar-refractivity contribution is -0.147. The van der Waals surface area contributed by atoms with Crippen LogP contribution in [0.4, 0.5) is 0 Å². The molecule has 0 amide bonds. The third-order valence-corrected chi connectivity index (χ3v) is 10.2. The number of halogens is 2. The summed E-state index contributed by atoms with van der Waals surface area (Å²) in [6.45, 7) is 5.60. The highest BCUT2D eigenvalue weighted by Gasteiger charge is 2.32. The zero-order chi connectivity index (χ0) is 30.8. The van der Waals surface area contributed by atoms with E-state index in [0.717, 1.165) is 43.7 Å². The number of esters is 2. The molecule has 0 bridgehead atoms. The van der Waals surface area contributed by atoms with Crippen LogP contribution in [-0.2, 0) is 45.0 Å². The zero-order valence-corrected chi connectivity index (χ0v) is 27.6. The van der Waals surface area contributed by atoms with Crippen LogP contribution < -0.4 is 5.32 Å². The van der Waals surface area contributed by atoms with Crippen LogP contribution >= 0.6 is 45.9 Å². The van der Waals surface area contributed by atoms with Gasteiger partial charge in [0.25, 0.3) is 0 Å². The average molecular weight is 676 g/mol. The molecule has 0 unspecified atom stereocenters. The molecule has 6 nitrogen and oxygen atoms in total. The Kier molecular flexibility index (Phi) is 14.4. The van der Waals surface area contributed by atoms with Gasteiger partial charge in [-0.15, -0.1) is 22.7 Å². The number of rotatable bonds is 5. The quantitative estimate of drug-likeness (QED) is 0.215. The number of thiophene rings is 2. The smallest absolute Gasteiger partial charge is 0.327 e. The number of nitrogens with zero attached hydrogens (tertiary/aromatic N) is 1. The van der Waals surface area contributed by atoms with E-state index in [-0.39, 0.29) is 25.3 Å². The van der Waals surface area contributed by atoms with Gasteiger partial charge in [0.2, 0.25) is 0 Å². The topological polar surface area (TPSA) is 67.9 Å². The predicted octanol–water partition coefficient (Wildman–Crippen LogP) is 8.32. The second-order valence-corrected chi connectivity index (χ2v) is 12.9. The fourth-order valence-electron chi connectivity index (χ4n) is 5.07. The summed E-state index contributed by atoms with van der Waals surface area (Å²) in [5.74, 6) is -0.839. The molecule has 10 heteroatoms. The van der Waals surface area contributed by atoms with E-state index in [1.807, 2.05) is 53.8 Å². The monoisotopic (exact) mass is 674 g/mol. The Morgan fingerprint density at radius 2 is 1.39 bits per heavy atom. The van der Waals surface area contributed by atoms with Gasteiger partial charge in [-0.05, 0) is 77.0 Å². The Balaban J connectivity index is 0.000000196. The molecule has 4 aromatic rings. The number of hydrogen-bond donors (Lipinski definition) is 1. The SMILES string of the molecule is C.COC(=O)[C@H](C)c1ccccc1Cl.COC(=O)[C@H](c1ccccc1Cl)N1CCc2sccc2C1.c1cc2c(s1)CCNC2. The second kappa shape index (κ2) is 17.7. The molecule has 0 fully saturated rings. The summed E-state index contributed by atoms with van der Waals surface area (Å²) < 4.78 is 9.63. The van der Waals surface area contributed by atoms with E-state index < -0.39 is 6.04 Å². The van der Waals surface area contributed by atoms with E-state index in [1.54, 1.807) is 29.2 Å². The predicted molar refractivity (Wildman–Crippen MR) is 183 cm³/mol. The average Bonchev–Trinajstić information content (AvgIpc) is 3.72. The molecular weight excluding hydrogens is 635 g/mol. The molecule has 236 valence electrons. The van der Waals surface area contributed by atoms with Gasteiger partial charge in [-0.3, -0.25) is 9.69 Å². The number of methoxy groups -OCH3 is 2. The highest BCUT2D eigenvalue weighted by Crippen LogP contribution is 2.34. The zero-order valence-electron chi connectivity index (χ0n) is 24.5. The molecule has 6 rings (SSSR count). The Morgan fingerprint density at radius 3 is 1.98 bits per heavy atom. The van der Waals surface area contributed by atoms with Crippen LogP contribution in [0.2, 0.25) is 10.0 Å².